The number of benzene rings is 1. The van der Waals surface area contributed by atoms with Gasteiger partial charge in [0, 0.05) is 30.2 Å². The molecule has 1 amide bonds. The van der Waals surface area contributed by atoms with Crippen LogP contribution in [0.4, 0.5) is 4.39 Å². The lowest BCUT2D eigenvalue weighted by atomic mass is 9.58. The van der Waals surface area contributed by atoms with Crippen molar-refractivity contribution in [2.75, 3.05) is 19.6 Å². The molecule has 1 spiro atoms. The third-order valence-corrected chi connectivity index (χ3v) is 4.34. The maximum atomic E-state index is 13.1. The maximum Gasteiger partial charge on any atom is 0.251 e. The molecule has 3 nitrogen and oxygen atoms in total. The van der Waals surface area contributed by atoms with Crippen molar-refractivity contribution in [3.05, 3.63) is 34.6 Å². The molecule has 0 bridgehead atoms. The first kappa shape index (κ1) is 12.9. The van der Waals surface area contributed by atoms with Gasteiger partial charge in [0.15, 0.2) is 0 Å². The van der Waals surface area contributed by atoms with Crippen LogP contribution < -0.4 is 10.6 Å². The Balaban J connectivity index is 1.51. The Morgan fingerprint density at radius 3 is 2.74 bits per heavy atom. The molecule has 5 heteroatoms. The first-order chi connectivity index (χ1) is 9.06. The van der Waals surface area contributed by atoms with E-state index in [4.69, 9.17) is 11.6 Å². The van der Waals surface area contributed by atoms with Crippen LogP contribution in [-0.2, 0) is 0 Å². The normalized spacial score (nSPS) is 20.7. The lowest BCUT2D eigenvalue weighted by molar-refractivity contribution is 0.00143. The zero-order valence-corrected chi connectivity index (χ0v) is 11.3. The van der Waals surface area contributed by atoms with Crippen molar-refractivity contribution in [2.24, 2.45) is 11.3 Å². The molecule has 0 atom stereocenters. The van der Waals surface area contributed by atoms with Gasteiger partial charge in [0.1, 0.15) is 5.82 Å². The minimum atomic E-state index is -0.485. The Labute approximate surface area is 116 Å². The Morgan fingerprint density at radius 1 is 1.42 bits per heavy atom. The van der Waals surface area contributed by atoms with E-state index in [1.807, 2.05) is 0 Å². The summed E-state index contributed by atoms with van der Waals surface area (Å²) in [4.78, 5) is 11.9. The van der Waals surface area contributed by atoms with Crippen molar-refractivity contribution in [1.82, 2.24) is 10.6 Å². The predicted molar refractivity (Wildman–Crippen MR) is 71.8 cm³/mol. The lowest BCUT2D eigenvalue weighted by Crippen LogP contribution is -2.61. The molecule has 0 aromatic heterocycles. The minimum absolute atomic E-state index is 0.244. The summed E-state index contributed by atoms with van der Waals surface area (Å²) in [6.45, 7) is 2.88. The number of halogens is 2. The lowest BCUT2D eigenvalue weighted by Gasteiger charge is -2.54. The van der Waals surface area contributed by atoms with E-state index in [-0.39, 0.29) is 16.5 Å². The van der Waals surface area contributed by atoms with Crippen molar-refractivity contribution in [2.45, 2.75) is 12.8 Å². The van der Waals surface area contributed by atoms with Gasteiger partial charge in [-0.15, -0.1) is 0 Å². The van der Waals surface area contributed by atoms with Gasteiger partial charge in [-0.1, -0.05) is 11.6 Å². The fraction of sp³-hybridized carbons (Fsp3) is 0.500. The molecule has 1 heterocycles. The van der Waals surface area contributed by atoms with Crippen molar-refractivity contribution < 1.29 is 9.18 Å². The molecular formula is C14H16ClFN2O. The second-order valence-corrected chi connectivity index (χ2v) is 6.18. The van der Waals surface area contributed by atoms with E-state index in [9.17, 15) is 9.18 Å². The molecular weight excluding hydrogens is 267 g/mol. The molecule has 1 aliphatic heterocycles. The van der Waals surface area contributed by atoms with Gasteiger partial charge < -0.3 is 10.6 Å². The van der Waals surface area contributed by atoms with Crippen molar-refractivity contribution in [1.29, 1.82) is 0 Å². The maximum absolute atomic E-state index is 13.1. The SMILES string of the molecule is O=C(NCC1CC2(CNC2)C1)c1cc(F)cc(Cl)c1. The van der Waals surface area contributed by atoms with Gasteiger partial charge >= 0.3 is 0 Å². The summed E-state index contributed by atoms with van der Waals surface area (Å²) in [6.07, 6.45) is 2.34. The fourth-order valence-corrected chi connectivity index (χ4v) is 3.32. The molecule has 19 heavy (non-hydrogen) atoms. The van der Waals surface area contributed by atoms with Crippen LogP contribution in [-0.4, -0.2) is 25.5 Å². The molecule has 1 aliphatic carbocycles. The molecule has 1 aromatic rings. The Kier molecular flexibility index (Phi) is 3.23. The number of carbonyl (C=O) groups is 1. The fourth-order valence-electron chi connectivity index (χ4n) is 3.10. The molecule has 2 aliphatic rings. The highest BCUT2D eigenvalue weighted by atomic mass is 35.5. The van der Waals surface area contributed by atoms with Crippen LogP contribution in [0.15, 0.2) is 18.2 Å². The van der Waals surface area contributed by atoms with E-state index in [0.717, 1.165) is 13.1 Å². The smallest absolute Gasteiger partial charge is 0.251 e. The molecule has 1 aromatic carbocycles. The first-order valence-corrected chi connectivity index (χ1v) is 6.89. The first-order valence-electron chi connectivity index (χ1n) is 6.51. The van der Waals surface area contributed by atoms with Gasteiger partial charge in [-0.25, -0.2) is 4.39 Å². The zero-order chi connectivity index (χ0) is 13.5. The van der Waals surface area contributed by atoms with E-state index in [1.54, 1.807) is 0 Å². The number of rotatable bonds is 3. The third kappa shape index (κ3) is 2.60. The van der Waals surface area contributed by atoms with Crippen LogP contribution in [0.1, 0.15) is 23.2 Å². The highest BCUT2D eigenvalue weighted by Gasteiger charge is 2.47. The highest BCUT2D eigenvalue weighted by molar-refractivity contribution is 6.31. The zero-order valence-electron chi connectivity index (χ0n) is 10.5. The standard InChI is InChI=1S/C14H16ClFN2O/c15-11-1-10(2-12(16)3-11)13(19)18-6-9-4-14(5-9)7-17-8-14/h1-3,9,17H,4-8H2,(H,18,19). The quantitative estimate of drug-likeness (QED) is 0.892. The predicted octanol–water partition coefficient (Wildman–Crippen LogP) is 2.21. The molecule has 1 saturated carbocycles. The summed E-state index contributed by atoms with van der Waals surface area (Å²) in [7, 11) is 0. The van der Waals surface area contributed by atoms with Crippen LogP contribution in [0.2, 0.25) is 5.02 Å². The van der Waals surface area contributed by atoms with Gasteiger partial charge in [0.25, 0.3) is 5.91 Å². The van der Waals surface area contributed by atoms with E-state index in [2.05, 4.69) is 10.6 Å². The Bertz CT molecular complexity index is 488. The van der Waals surface area contributed by atoms with Gasteiger partial charge in [0.2, 0.25) is 0 Å². The molecule has 102 valence electrons. The van der Waals surface area contributed by atoms with Crippen molar-refractivity contribution in [3.63, 3.8) is 0 Å². The molecule has 3 rings (SSSR count). The molecule has 1 saturated heterocycles. The molecule has 2 N–H and O–H groups in total. The second-order valence-electron chi connectivity index (χ2n) is 5.75. The van der Waals surface area contributed by atoms with Gasteiger partial charge in [0.05, 0.1) is 0 Å². The Hall–Kier alpha value is -1.13. The summed E-state index contributed by atoms with van der Waals surface area (Å²) in [5.41, 5.74) is 0.793. The number of amides is 1. The topological polar surface area (TPSA) is 41.1 Å². The van der Waals surface area contributed by atoms with Crippen LogP contribution in [0, 0.1) is 17.2 Å². The summed E-state index contributed by atoms with van der Waals surface area (Å²) < 4.78 is 13.1. The van der Waals surface area contributed by atoms with Crippen molar-refractivity contribution >= 4 is 17.5 Å². The number of hydrogen-bond donors (Lipinski definition) is 2. The molecule has 2 fully saturated rings. The van der Waals surface area contributed by atoms with E-state index < -0.39 is 5.82 Å². The van der Waals surface area contributed by atoms with Crippen molar-refractivity contribution in [3.8, 4) is 0 Å². The van der Waals surface area contributed by atoms with Crippen LogP contribution in [0.5, 0.6) is 0 Å². The summed E-state index contributed by atoms with van der Waals surface area (Å²) in [5.74, 6) is -0.190. The summed E-state index contributed by atoms with van der Waals surface area (Å²) in [5, 5.41) is 6.38. The van der Waals surface area contributed by atoms with E-state index >= 15 is 0 Å². The minimum Gasteiger partial charge on any atom is -0.352 e. The van der Waals surface area contributed by atoms with Crippen LogP contribution in [0.3, 0.4) is 0 Å². The molecule has 0 unspecified atom stereocenters. The largest absolute Gasteiger partial charge is 0.352 e. The average Bonchev–Trinajstić information content (AvgIpc) is 2.23. The van der Waals surface area contributed by atoms with Gasteiger partial charge in [-0.2, -0.15) is 0 Å². The van der Waals surface area contributed by atoms with Gasteiger partial charge in [-0.3, -0.25) is 4.79 Å². The average molecular weight is 283 g/mol. The number of nitrogens with one attached hydrogen (secondary N) is 2. The monoisotopic (exact) mass is 282 g/mol. The number of carbonyl (C=O) groups excluding carboxylic acids is 1. The second kappa shape index (κ2) is 4.76. The van der Waals surface area contributed by atoms with E-state index in [0.29, 0.717) is 17.9 Å². The van der Waals surface area contributed by atoms with E-state index in [1.165, 1.54) is 31.0 Å². The molecule has 0 radical (unpaired) electrons. The Morgan fingerprint density at radius 2 is 2.16 bits per heavy atom. The summed E-state index contributed by atoms with van der Waals surface area (Å²) in [6, 6.07) is 3.88. The third-order valence-electron chi connectivity index (χ3n) is 4.12. The number of hydrogen-bond acceptors (Lipinski definition) is 2. The summed E-state index contributed by atoms with van der Waals surface area (Å²) >= 11 is 5.73. The van der Waals surface area contributed by atoms with Crippen LogP contribution in [0.25, 0.3) is 0 Å². The highest BCUT2D eigenvalue weighted by Crippen LogP contribution is 2.47. The van der Waals surface area contributed by atoms with Gasteiger partial charge in [-0.05, 0) is 42.4 Å². The van der Waals surface area contributed by atoms with Crippen LogP contribution >= 0.6 is 11.6 Å².